The highest BCUT2D eigenvalue weighted by Gasteiger charge is 2.50. The van der Waals surface area contributed by atoms with Crippen LogP contribution in [-0.4, -0.2) is 117 Å². The lowest BCUT2D eigenvalue weighted by molar-refractivity contribution is -0.289. The second kappa shape index (κ2) is 12.1. The molecule has 0 unspecified atom stereocenters. The first-order chi connectivity index (χ1) is 20.4. The van der Waals surface area contributed by atoms with E-state index >= 15 is 0 Å². The monoisotopic (exact) mass is 608 g/mol. The molecule has 14 nitrogen and oxygen atoms in total. The van der Waals surface area contributed by atoms with Gasteiger partial charge in [-0.05, 0) is 31.5 Å². The highest BCUT2D eigenvalue weighted by Crippen LogP contribution is 2.48. The van der Waals surface area contributed by atoms with E-state index in [-0.39, 0.29) is 40.6 Å². The number of hydrogen-bond acceptors (Lipinski definition) is 14. The minimum absolute atomic E-state index is 0.00286. The highest BCUT2D eigenvalue weighted by molar-refractivity contribution is 6.03. The number of aliphatic hydroxyl groups is 6. The molecule has 3 aliphatic rings. The first-order valence-electron chi connectivity index (χ1n) is 13.7. The number of ketones is 1. The van der Waals surface area contributed by atoms with Crippen molar-refractivity contribution in [2.45, 2.75) is 75.1 Å². The van der Waals surface area contributed by atoms with E-state index in [4.69, 9.17) is 28.4 Å². The van der Waals surface area contributed by atoms with E-state index in [9.17, 15) is 40.5 Å². The Balaban J connectivity index is 1.37. The molecule has 0 saturated carbocycles. The van der Waals surface area contributed by atoms with Crippen molar-refractivity contribution < 1.29 is 69.0 Å². The molecule has 43 heavy (non-hydrogen) atoms. The largest absolute Gasteiger partial charge is 0.507 e. The summed E-state index contributed by atoms with van der Waals surface area (Å²) in [6.07, 6.45) is -11.7. The minimum atomic E-state index is -1.93. The van der Waals surface area contributed by atoms with Gasteiger partial charge in [0.1, 0.15) is 70.8 Å². The van der Waals surface area contributed by atoms with Crippen LogP contribution in [0.2, 0.25) is 0 Å². The lowest BCUT2D eigenvalue weighted by Gasteiger charge is -2.41. The molecule has 0 aromatic heterocycles. The molecule has 0 amide bonds. The fraction of sp³-hybridized carbons (Fsp3) is 0.552. The molecule has 7 N–H and O–H groups in total. The first-order valence-corrected chi connectivity index (χ1v) is 13.7. The fourth-order valence-electron chi connectivity index (χ4n) is 5.41. The normalized spacial score (nSPS) is 34.0. The molecule has 236 valence electrons. The molecular formula is C29H36O14. The van der Waals surface area contributed by atoms with Gasteiger partial charge < -0.3 is 64.2 Å². The first kappa shape index (κ1) is 31.4. The van der Waals surface area contributed by atoms with Crippen molar-refractivity contribution >= 4 is 5.78 Å². The van der Waals surface area contributed by atoms with Gasteiger partial charge in [-0.15, -0.1) is 0 Å². The Morgan fingerprint density at radius 2 is 1.70 bits per heavy atom. The molecule has 0 bridgehead atoms. The Labute approximate surface area is 246 Å². The zero-order valence-corrected chi connectivity index (χ0v) is 23.7. The Hall–Kier alpha value is -3.05. The minimum Gasteiger partial charge on any atom is -0.507 e. The Morgan fingerprint density at radius 3 is 2.33 bits per heavy atom. The number of hydrogen-bond donors (Lipinski definition) is 7. The number of carbonyl (C=O) groups is 1. The molecule has 14 heteroatoms. The summed E-state index contributed by atoms with van der Waals surface area (Å²) in [6, 6.07) is 7.01. The number of ether oxygens (including phenoxy) is 6. The summed E-state index contributed by atoms with van der Waals surface area (Å²) in [7, 11) is 1.54. The predicted octanol–water partition coefficient (Wildman–Crippen LogP) is -0.632. The third kappa shape index (κ3) is 5.66. The van der Waals surface area contributed by atoms with E-state index in [1.54, 1.807) is 31.2 Å². The van der Waals surface area contributed by atoms with Gasteiger partial charge in [0.05, 0.1) is 33.4 Å². The van der Waals surface area contributed by atoms with Gasteiger partial charge in [0, 0.05) is 11.1 Å². The maximum Gasteiger partial charge on any atom is 0.229 e. The third-order valence-electron chi connectivity index (χ3n) is 8.15. The molecule has 9 atom stereocenters. The number of phenols is 1. The van der Waals surface area contributed by atoms with Gasteiger partial charge in [-0.2, -0.15) is 0 Å². The van der Waals surface area contributed by atoms with Crippen molar-refractivity contribution in [3.63, 3.8) is 0 Å². The van der Waals surface area contributed by atoms with Crippen molar-refractivity contribution in [2.24, 2.45) is 0 Å². The van der Waals surface area contributed by atoms with Gasteiger partial charge in [-0.25, -0.2) is 0 Å². The van der Waals surface area contributed by atoms with E-state index in [0.29, 0.717) is 16.9 Å². The van der Waals surface area contributed by atoms with Crippen molar-refractivity contribution in [2.75, 3.05) is 26.9 Å². The van der Waals surface area contributed by atoms with Crippen LogP contribution < -0.4 is 14.2 Å². The van der Waals surface area contributed by atoms with E-state index in [0.717, 1.165) is 0 Å². The van der Waals surface area contributed by atoms with Crippen molar-refractivity contribution in [1.29, 1.82) is 0 Å². The van der Waals surface area contributed by atoms with Crippen LogP contribution in [0.3, 0.4) is 0 Å². The molecular weight excluding hydrogens is 572 g/mol. The van der Waals surface area contributed by atoms with Crippen molar-refractivity contribution in [3.05, 3.63) is 46.5 Å². The van der Waals surface area contributed by atoms with Crippen molar-refractivity contribution in [1.82, 2.24) is 0 Å². The zero-order chi connectivity index (χ0) is 31.2. The van der Waals surface area contributed by atoms with E-state index < -0.39 is 74.6 Å². The van der Waals surface area contributed by atoms with Crippen LogP contribution in [0.5, 0.6) is 23.0 Å². The van der Waals surface area contributed by atoms with Gasteiger partial charge in [0.25, 0.3) is 0 Å². The summed E-state index contributed by atoms with van der Waals surface area (Å²) in [5.41, 5.74) is -0.742. The van der Waals surface area contributed by atoms with Crippen LogP contribution in [0.1, 0.15) is 39.6 Å². The van der Waals surface area contributed by atoms with Gasteiger partial charge in [0.15, 0.2) is 12.1 Å². The number of phenolic OH excluding ortho intramolecular Hbond substituents is 1. The molecule has 2 fully saturated rings. The molecule has 0 radical (unpaired) electrons. The number of Topliss-reactive ketones (excluding diaryl/α,β-unsaturated/α-hetero) is 1. The topological polar surface area (TPSA) is 214 Å². The molecule has 0 aliphatic carbocycles. The fourth-order valence-corrected chi connectivity index (χ4v) is 5.41. The Bertz CT molecular complexity index is 1330. The lowest BCUT2D eigenvalue weighted by Crippen LogP contribution is -2.60. The molecule has 3 aliphatic heterocycles. The predicted molar refractivity (Wildman–Crippen MR) is 144 cm³/mol. The molecule has 2 saturated heterocycles. The zero-order valence-electron chi connectivity index (χ0n) is 23.7. The van der Waals surface area contributed by atoms with Crippen LogP contribution in [0.4, 0.5) is 0 Å². The van der Waals surface area contributed by atoms with Crippen molar-refractivity contribution in [3.8, 4) is 23.0 Å². The van der Waals surface area contributed by atoms with Crippen LogP contribution in [0.15, 0.2) is 24.3 Å². The molecule has 0 spiro atoms. The average Bonchev–Trinajstić information content (AvgIpc) is 3.30. The van der Waals surface area contributed by atoms with E-state index in [1.807, 2.05) is 0 Å². The summed E-state index contributed by atoms with van der Waals surface area (Å²) < 4.78 is 33.7. The smallest absolute Gasteiger partial charge is 0.229 e. The van der Waals surface area contributed by atoms with Gasteiger partial charge in [-0.3, -0.25) is 4.79 Å². The molecule has 2 aromatic rings. The number of carbonyl (C=O) groups excluding carboxylic acids is 1. The van der Waals surface area contributed by atoms with Crippen LogP contribution in [0.25, 0.3) is 0 Å². The molecule has 5 rings (SSSR count). The Morgan fingerprint density at radius 1 is 1.00 bits per heavy atom. The second-order valence-electron chi connectivity index (χ2n) is 11.0. The van der Waals surface area contributed by atoms with Crippen LogP contribution in [0, 0.1) is 13.8 Å². The summed E-state index contributed by atoms with van der Waals surface area (Å²) in [4.78, 5) is 13.2. The number of fused-ring (bicyclic) bond motifs is 1. The van der Waals surface area contributed by atoms with E-state index in [1.165, 1.54) is 14.0 Å². The molecule has 2 aromatic carbocycles. The van der Waals surface area contributed by atoms with Crippen LogP contribution in [-0.2, 0) is 14.2 Å². The maximum atomic E-state index is 13.2. The standard InChI is InChI=1S/C29H36O14/c1-12-20(32)19-16(31)8-17(14-4-6-15(38-3)7-5-14)41-25(19)13(2)24(12)43-27-23(35)22(34)21(33)18(42-27)9-39-28-26(36)29(37,10-30)11-40-28/h4-7,17-18,21-23,26-28,30,32-37H,8-11H2,1-3H3/t17-,18-,21-,22+,23-,26-,27+,28-,29-/m0/s1. The Kier molecular flexibility index (Phi) is 8.87. The number of aliphatic hydroxyl groups excluding tert-OH is 5. The quantitative estimate of drug-likeness (QED) is 0.199. The third-order valence-corrected chi connectivity index (χ3v) is 8.15. The summed E-state index contributed by atoms with van der Waals surface area (Å²) in [5.74, 6) is 0.0285. The average molecular weight is 609 g/mol. The molecule has 3 heterocycles. The number of benzene rings is 2. The highest BCUT2D eigenvalue weighted by atomic mass is 16.7. The number of aromatic hydroxyl groups is 1. The summed E-state index contributed by atoms with van der Waals surface area (Å²) in [5, 5.41) is 72.4. The SMILES string of the molecule is COc1ccc([C@@H]2CC(=O)c3c(O)c(C)c(O[C@H]4O[C@@H](CO[C@H]5OC[C@@](O)(CO)[C@H]5O)[C@H](O)[C@@H](O)[C@@H]4O)c(C)c3O2)cc1. The number of methoxy groups -OCH3 is 1. The van der Waals surface area contributed by atoms with Gasteiger partial charge >= 0.3 is 0 Å². The second-order valence-corrected chi connectivity index (χ2v) is 11.0. The van der Waals surface area contributed by atoms with E-state index in [2.05, 4.69) is 0 Å². The maximum absolute atomic E-state index is 13.2. The van der Waals surface area contributed by atoms with Gasteiger partial charge in [0.2, 0.25) is 6.29 Å². The number of rotatable bonds is 8. The van der Waals surface area contributed by atoms with Gasteiger partial charge in [-0.1, -0.05) is 12.1 Å². The summed E-state index contributed by atoms with van der Waals surface area (Å²) >= 11 is 0. The lowest BCUT2D eigenvalue weighted by atomic mass is 9.91. The summed E-state index contributed by atoms with van der Waals surface area (Å²) in [6.45, 7) is 1.46. The van der Waals surface area contributed by atoms with Crippen LogP contribution >= 0.6 is 0 Å².